The summed E-state index contributed by atoms with van der Waals surface area (Å²) in [6, 6.07) is 0. The van der Waals surface area contributed by atoms with Gasteiger partial charge >= 0.3 is 0 Å². The molecule has 1 fully saturated rings. The number of anilines is 2. The Morgan fingerprint density at radius 2 is 2.17 bits per heavy atom. The lowest BCUT2D eigenvalue weighted by molar-refractivity contribution is 0.301. The van der Waals surface area contributed by atoms with Crippen molar-refractivity contribution in [1.82, 2.24) is 9.97 Å². The summed E-state index contributed by atoms with van der Waals surface area (Å²) in [5.41, 5.74) is 3.01. The Morgan fingerprint density at radius 3 is 2.72 bits per heavy atom. The fraction of sp³-hybridized carbons (Fsp3) is 0.667. The van der Waals surface area contributed by atoms with Crippen molar-refractivity contribution in [1.29, 1.82) is 0 Å². The number of nitrogens with one attached hydrogen (secondary N) is 1. The molecule has 5 nitrogen and oxygen atoms in total. The molecule has 0 saturated carbocycles. The number of hydrogen-bond donors (Lipinski definition) is 2. The average Bonchev–Trinajstić information content (AvgIpc) is 2.84. The molecule has 0 atom stereocenters. The van der Waals surface area contributed by atoms with E-state index in [0.29, 0.717) is 11.2 Å². The molecule has 1 aromatic rings. The first-order chi connectivity index (χ1) is 8.65. The molecule has 0 radical (unpaired) electrons. The van der Waals surface area contributed by atoms with Crippen LogP contribution in [0.2, 0.25) is 0 Å². The van der Waals surface area contributed by atoms with E-state index in [1.807, 2.05) is 0 Å². The van der Waals surface area contributed by atoms with Gasteiger partial charge in [0.05, 0.1) is 0 Å². The van der Waals surface area contributed by atoms with Gasteiger partial charge in [0.1, 0.15) is 16.6 Å². The van der Waals surface area contributed by atoms with Crippen LogP contribution in [0.5, 0.6) is 0 Å². The van der Waals surface area contributed by atoms with E-state index >= 15 is 0 Å². The summed E-state index contributed by atoms with van der Waals surface area (Å²) < 4.78 is 0.843. The van der Waals surface area contributed by atoms with Crippen molar-refractivity contribution in [3.63, 3.8) is 0 Å². The zero-order valence-electron chi connectivity index (χ0n) is 10.9. The number of hydrogen-bond acceptors (Lipinski definition) is 5. The van der Waals surface area contributed by atoms with Crippen molar-refractivity contribution >= 4 is 27.6 Å². The van der Waals surface area contributed by atoms with Gasteiger partial charge in [-0.1, -0.05) is 13.8 Å². The summed E-state index contributed by atoms with van der Waals surface area (Å²) in [6.07, 6.45) is 5.20. The molecule has 0 amide bonds. The third-order valence-electron chi connectivity index (χ3n) is 4.15. The Labute approximate surface area is 116 Å². The highest BCUT2D eigenvalue weighted by atomic mass is 79.9. The van der Waals surface area contributed by atoms with Crippen LogP contribution in [-0.4, -0.2) is 23.1 Å². The first kappa shape index (κ1) is 13.5. The second-order valence-corrected chi connectivity index (χ2v) is 5.68. The van der Waals surface area contributed by atoms with Gasteiger partial charge in [0.15, 0.2) is 5.82 Å². The minimum absolute atomic E-state index is 0.431. The summed E-state index contributed by atoms with van der Waals surface area (Å²) in [7, 11) is 0. The van der Waals surface area contributed by atoms with E-state index in [2.05, 4.69) is 50.1 Å². The van der Waals surface area contributed by atoms with Crippen LogP contribution >= 0.6 is 15.9 Å². The first-order valence-electron chi connectivity index (χ1n) is 6.38. The lowest BCUT2D eigenvalue weighted by Gasteiger charge is -2.27. The number of nitrogen functional groups attached to an aromatic ring is 1. The molecule has 0 unspecified atom stereocenters. The van der Waals surface area contributed by atoms with Crippen LogP contribution < -0.4 is 16.2 Å². The quantitative estimate of drug-likeness (QED) is 0.660. The van der Waals surface area contributed by atoms with Crippen LogP contribution in [0.4, 0.5) is 11.6 Å². The Bertz CT molecular complexity index is 419. The van der Waals surface area contributed by atoms with Gasteiger partial charge in [-0.15, -0.1) is 0 Å². The van der Waals surface area contributed by atoms with E-state index in [9.17, 15) is 0 Å². The summed E-state index contributed by atoms with van der Waals surface area (Å²) in [5.74, 6) is 7.00. The molecule has 1 aliphatic rings. The fourth-order valence-electron chi connectivity index (χ4n) is 2.62. The lowest BCUT2D eigenvalue weighted by atomic mass is 9.82. The molecule has 1 aromatic heterocycles. The van der Waals surface area contributed by atoms with E-state index in [4.69, 9.17) is 5.84 Å². The van der Waals surface area contributed by atoms with Gasteiger partial charge < -0.3 is 10.3 Å². The van der Waals surface area contributed by atoms with E-state index in [1.54, 1.807) is 6.33 Å². The largest absolute Gasteiger partial charge is 0.355 e. The van der Waals surface area contributed by atoms with Gasteiger partial charge in [0.25, 0.3) is 0 Å². The van der Waals surface area contributed by atoms with Gasteiger partial charge in [0, 0.05) is 13.1 Å². The van der Waals surface area contributed by atoms with Crippen molar-refractivity contribution in [2.24, 2.45) is 11.3 Å². The van der Waals surface area contributed by atoms with Gasteiger partial charge in [-0.25, -0.2) is 15.8 Å². The molecule has 3 N–H and O–H groups in total. The molecule has 1 saturated heterocycles. The Kier molecular flexibility index (Phi) is 4.07. The molecule has 2 rings (SSSR count). The van der Waals surface area contributed by atoms with E-state index in [0.717, 1.165) is 23.4 Å². The van der Waals surface area contributed by atoms with Crippen molar-refractivity contribution in [3.05, 3.63) is 10.8 Å². The van der Waals surface area contributed by atoms with Crippen LogP contribution in [0, 0.1) is 5.41 Å². The molecule has 0 aromatic carbocycles. The predicted molar refractivity (Wildman–Crippen MR) is 77.4 cm³/mol. The maximum absolute atomic E-state index is 5.44. The third kappa shape index (κ3) is 2.31. The molecule has 1 aliphatic heterocycles. The molecule has 0 bridgehead atoms. The Balaban J connectivity index is 2.24. The number of nitrogens with two attached hydrogens (primary N) is 1. The normalized spacial score (nSPS) is 18.1. The number of hydrazine groups is 1. The second kappa shape index (κ2) is 5.40. The zero-order chi connectivity index (χ0) is 13.2. The summed E-state index contributed by atoms with van der Waals surface area (Å²) in [6.45, 7) is 6.64. The van der Waals surface area contributed by atoms with Crippen molar-refractivity contribution < 1.29 is 0 Å². The average molecular weight is 314 g/mol. The number of halogens is 1. The summed E-state index contributed by atoms with van der Waals surface area (Å²) >= 11 is 3.52. The van der Waals surface area contributed by atoms with Crippen LogP contribution in [0.25, 0.3) is 0 Å². The van der Waals surface area contributed by atoms with E-state index in [-0.39, 0.29) is 0 Å². The van der Waals surface area contributed by atoms with Crippen molar-refractivity contribution in [2.45, 2.75) is 33.1 Å². The second-order valence-electron chi connectivity index (χ2n) is 4.88. The molecule has 0 spiro atoms. The molecular formula is C12H20BrN5. The lowest BCUT2D eigenvalue weighted by Crippen LogP contribution is -2.27. The fourth-order valence-corrected chi connectivity index (χ4v) is 3.19. The molecule has 6 heteroatoms. The maximum Gasteiger partial charge on any atom is 0.159 e. The van der Waals surface area contributed by atoms with Gasteiger partial charge in [-0.3, -0.25) is 0 Å². The van der Waals surface area contributed by atoms with E-state index < -0.39 is 0 Å². The SMILES string of the molecule is CCC1(CC)CCN(c2ncnc(NN)c2Br)C1. The third-order valence-corrected chi connectivity index (χ3v) is 4.88. The van der Waals surface area contributed by atoms with E-state index in [1.165, 1.54) is 19.3 Å². The summed E-state index contributed by atoms with van der Waals surface area (Å²) in [4.78, 5) is 10.8. The van der Waals surface area contributed by atoms with Gasteiger partial charge in [-0.05, 0) is 40.6 Å². The minimum Gasteiger partial charge on any atom is -0.355 e. The van der Waals surface area contributed by atoms with Gasteiger partial charge in [0.2, 0.25) is 0 Å². The maximum atomic E-state index is 5.44. The highest BCUT2D eigenvalue weighted by Crippen LogP contribution is 2.40. The predicted octanol–water partition coefficient (Wildman–Crippen LogP) is 2.54. The highest BCUT2D eigenvalue weighted by Gasteiger charge is 2.36. The van der Waals surface area contributed by atoms with Crippen molar-refractivity contribution in [2.75, 3.05) is 23.4 Å². The highest BCUT2D eigenvalue weighted by molar-refractivity contribution is 9.10. The van der Waals surface area contributed by atoms with Gasteiger partial charge in [-0.2, -0.15) is 0 Å². The number of rotatable bonds is 4. The monoisotopic (exact) mass is 313 g/mol. The Hall–Kier alpha value is -0.880. The molecular weight excluding hydrogens is 294 g/mol. The molecule has 18 heavy (non-hydrogen) atoms. The first-order valence-corrected chi connectivity index (χ1v) is 7.17. The molecule has 0 aliphatic carbocycles. The smallest absolute Gasteiger partial charge is 0.159 e. The van der Waals surface area contributed by atoms with Crippen molar-refractivity contribution in [3.8, 4) is 0 Å². The van der Waals surface area contributed by atoms with Crippen LogP contribution in [0.15, 0.2) is 10.8 Å². The Morgan fingerprint density at radius 1 is 1.44 bits per heavy atom. The number of nitrogens with zero attached hydrogens (tertiary/aromatic N) is 3. The standard InChI is InChI=1S/C12H20BrN5/c1-3-12(4-2)5-6-18(7-12)11-9(13)10(17-14)15-8-16-11/h8H,3-7,14H2,1-2H3,(H,15,16,17). The minimum atomic E-state index is 0.431. The van der Waals surface area contributed by atoms with Crippen LogP contribution in [0.3, 0.4) is 0 Å². The topological polar surface area (TPSA) is 67.1 Å². The molecule has 2 heterocycles. The molecule has 100 valence electrons. The zero-order valence-corrected chi connectivity index (χ0v) is 12.5. The van der Waals surface area contributed by atoms with Crippen LogP contribution in [-0.2, 0) is 0 Å². The summed E-state index contributed by atoms with van der Waals surface area (Å²) in [5, 5.41) is 0. The number of aromatic nitrogens is 2. The van der Waals surface area contributed by atoms with Crippen LogP contribution in [0.1, 0.15) is 33.1 Å².